The Kier molecular flexibility index (Phi) is 6.09. The molecular weight excluding hydrogens is 449 g/mol. The molecule has 0 aliphatic heterocycles. The minimum Gasteiger partial charge on any atom is -0.465 e. The molecule has 0 spiro atoms. The number of hydrogen-bond acceptors (Lipinski definition) is 4. The zero-order valence-electron chi connectivity index (χ0n) is 19.1. The van der Waals surface area contributed by atoms with Crippen molar-refractivity contribution < 1.29 is 27.8 Å². The zero-order valence-corrected chi connectivity index (χ0v) is 19.1. The number of fused-ring (bicyclic) bond motifs is 1. The van der Waals surface area contributed by atoms with E-state index in [1.165, 1.54) is 24.3 Å². The van der Waals surface area contributed by atoms with Gasteiger partial charge < -0.3 is 19.7 Å². The molecule has 1 amide bonds. The number of halogens is 3. The summed E-state index contributed by atoms with van der Waals surface area (Å²) in [4.78, 5) is 15.8. The molecular formula is C24H27F3N4O3. The number of ether oxygens (including phenoxy) is 1. The first-order chi connectivity index (χ1) is 15.9. The Hall–Kier alpha value is -3.43. The van der Waals surface area contributed by atoms with Gasteiger partial charge in [0.05, 0.1) is 11.0 Å². The molecule has 1 aliphatic carbocycles. The lowest BCUT2D eigenvalue weighted by Crippen LogP contribution is -2.29. The van der Waals surface area contributed by atoms with E-state index in [1.807, 2.05) is 6.07 Å². The summed E-state index contributed by atoms with van der Waals surface area (Å²) in [7, 11) is 0. The van der Waals surface area contributed by atoms with Crippen molar-refractivity contribution in [3.8, 4) is 5.75 Å². The Morgan fingerprint density at radius 2 is 1.82 bits per heavy atom. The first-order valence-corrected chi connectivity index (χ1v) is 11.0. The van der Waals surface area contributed by atoms with Gasteiger partial charge in [0.15, 0.2) is 0 Å². The van der Waals surface area contributed by atoms with Crippen LogP contribution in [0.4, 0.5) is 35.3 Å². The fourth-order valence-corrected chi connectivity index (χ4v) is 5.12. The first-order valence-electron chi connectivity index (χ1n) is 11.0. The highest BCUT2D eigenvalue weighted by molar-refractivity contribution is 5.89. The largest absolute Gasteiger partial charge is 0.573 e. The molecule has 7 nitrogen and oxygen atoms in total. The van der Waals surface area contributed by atoms with Crippen LogP contribution in [0.2, 0.25) is 0 Å². The van der Waals surface area contributed by atoms with Gasteiger partial charge in [-0.15, -0.1) is 13.2 Å². The van der Waals surface area contributed by atoms with Crippen LogP contribution in [0.15, 0.2) is 42.5 Å². The number of rotatable bonds is 5. The van der Waals surface area contributed by atoms with E-state index in [9.17, 15) is 18.0 Å². The number of nitrogens with zero attached hydrogens (tertiary/aromatic N) is 2. The Morgan fingerprint density at radius 3 is 2.44 bits per heavy atom. The smallest absolute Gasteiger partial charge is 0.465 e. The van der Waals surface area contributed by atoms with Crippen LogP contribution in [0.25, 0.3) is 11.0 Å². The SMILES string of the molecule is C[C@@H]1C[C@H](n2c(Nc3ccc(OC(F)(F)F)cc3)nc3cc(NC(=O)O)ccc32)CC(C)(C)C1. The molecule has 182 valence electrons. The van der Waals surface area contributed by atoms with E-state index < -0.39 is 12.5 Å². The molecule has 2 aromatic carbocycles. The third-order valence-electron chi connectivity index (χ3n) is 6.01. The minimum absolute atomic E-state index is 0.136. The van der Waals surface area contributed by atoms with E-state index >= 15 is 0 Å². The lowest BCUT2D eigenvalue weighted by atomic mass is 9.70. The maximum absolute atomic E-state index is 12.5. The van der Waals surface area contributed by atoms with Crippen LogP contribution >= 0.6 is 0 Å². The molecule has 34 heavy (non-hydrogen) atoms. The second kappa shape index (κ2) is 8.73. The normalized spacial score (nSPS) is 20.2. The number of carbonyl (C=O) groups is 1. The lowest BCUT2D eigenvalue weighted by Gasteiger charge is -2.40. The minimum atomic E-state index is -4.75. The quantitative estimate of drug-likeness (QED) is 0.364. The maximum Gasteiger partial charge on any atom is 0.573 e. The van der Waals surface area contributed by atoms with E-state index in [4.69, 9.17) is 10.1 Å². The van der Waals surface area contributed by atoms with Crippen LogP contribution in [0, 0.1) is 11.3 Å². The van der Waals surface area contributed by atoms with Crippen molar-refractivity contribution in [3.05, 3.63) is 42.5 Å². The van der Waals surface area contributed by atoms with Gasteiger partial charge in [0, 0.05) is 17.4 Å². The molecule has 1 aromatic heterocycles. The van der Waals surface area contributed by atoms with E-state index in [0.717, 1.165) is 24.8 Å². The molecule has 1 saturated carbocycles. The van der Waals surface area contributed by atoms with Gasteiger partial charge in [-0.25, -0.2) is 9.78 Å². The molecule has 4 rings (SSSR count). The number of nitrogens with one attached hydrogen (secondary N) is 2. The second-order valence-electron chi connectivity index (χ2n) is 9.70. The van der Waals surface area contributed by atoms with Crippen molar-refractivity contribution in [2.75, 3.05) is 10.6 Å². The summed E-state index contributed by atoms with van der Waals surface area (Å²) < 4.78 is 43.5. The number of imidazole rings is 1. The maximum atomic E-state index is 12.5. The molecule has 1 aliphatic rings. The Labute approximate surface area is 194 Å². The van der Waals surface area contributed by atoms with Crippen LogP contribution in [-0.4, -0.2) is 27.1 Å². The molecule has 3 N–H and O–H groups in total. The molecule has 0 saturated heterocycles. The number of carboxylic acid groups (broad SMARTS) is 1. The van der Waals surface area contributed by atoms with Crippen molar-refractivity contribution in [1.29, 1.82) is 0 Å². The standard InChI is InChI=1S/C24H27F3N4O3/c1-14-10-17(13-23(2,3)12-14)31-20-9-6-16(29-22(32)33)11-19(20)30-21(31)28-15-4-7-18(8-5-15)34-24(25,26)27/h4-9,11,14,17,29H,10,12-13H2,1-3H3,(H,28,30)(H,32,33)/t14-,17+/m1/s1. The van der Waals surface area contributed by atoms with Crippen LogP contribution in [0.5, 0.6) is 5.75 Å². The third kappa shape index (κ3) is 5.55. The molecule has 1 fully saturated rings. The molecule has 0 radical (unpaired) electrons. The summed E-state index contributed by atoms with van der Waals surface area (Å²) in [6.07, 6.45) is -2.91. The summed E-state index contributed by atoms with van der Waals surface area (Å²) in [5, 5.41) is 14.6. The topological polar surface area (TPSA) is 88.4 Å². The van der Waals surface area contributed by atoms with Gasteiger partial charge in [-0.05, 0) is 73.1 Å². The summed E-state index contributed by atoms with van der Waals surface area (Å²) >= 11 is 0. The fraction of sp³-hybridized carbons (Fsp3) is 0.417. The van der Waals surface area contributed by atoms with Crippen molar-refractivity contribution in [3.63, 3.8) is 0 Å². The third-order valence-corrected chi connectivity index (χ3v) is 6.01. The van der Waals surface area contributed by atoms with Crippen LogP contribution in [0.1, 0.15) is 46.1 Å². The van der Waals surface area contributed by atoms with Gasteiger partial charge in [0.2, 0.25) is 5.95 Å². The number of benzene rings is 2. The van der Waals surface area contributed by atoms with Crippen molar-refractivity contribution in [1.82, 2.24) is 9.55 Å². The van der Waals surface area contributed by atoms with Crippen LogP contribution < -0.4 is 15.4 Å². The average Bonchev–Trinajstić information content (AvgIpc) is 3.03. The van der Waals surface area contributed by atoms with E-state index in [1.54, 1.807) is 12.1 Å². The van der Waals surface area contributed by atoms with Gasteiger partial charge in [-0.2, -0.15) is 0 Å². The highest BCUT2D eigenvalue weighted by Crippen LogP contribution is 2.46. The number of aromatic nitrogens is 2. The Balaban J connectivity index is 1.72. The van der Waals surface area contributed by atoms with Gasteiger partial charge in [-0.3, -0.25) is 5.32 Å². The van der Waals surface area contributed by atoms with E-state index in [-0.39, 0.29) is 17.2 Å². The van der Waals surface area contributed by atoms with Gasteiger partial charge in [0.25, 0.3) is 0 Å². The van der Waals surface area contributed by atoms with Crippen LogP contribution in [0.3, 0.4) is 0 Å². The summed E-state index contributed by atoms with van der Waals surface area (Å²) in [6.45, 7) is 6.72. The number of amides is 1. The van der Waals surface area contributed by atoms with E-state index in [0.29, 0.717) is 28.8 Å². The molecule has 1 heterocycles. The number of hydrogen-bond donors (Lipinski definition) is 3. The van der Waals surface area contributed by atoms with Crippen LogP contribution in [-0.2, 0) is 0 Å². The molecule has 10 heteroatoms. The highest BCUT2D eigenvalue weighted by atomic mass is 19.4. The van der Waals surface area contributed by atoms with Gasteiger partial charge in [-0.1, -0.05) is 20.8 Å². The summed E-state index contributed by atoms with van der Waals surface area (Å²) in [5.74, 6) is 0.742. The first kappa shape index (κ1) is 23.7. The number of anilines is 3. The fourth-order valence-electron chi connectivity index (χ4n) is 5.12. The summed E-state index contributed by atoms with van der Waals surface area (Å²) in [6, 6.07) is 10.8. The zero-order chi connectivity index (χ0) is 24.7. The van der Waals surface area contributed by atoms with Gasteiger partial charge in [0.1, 0.15) is 5.75 Å². The molecule has 0 bridgehead atoms. The lowest BCUT2D eigenvalue weighted by molar-refractivity contribution is -0.274. The number of alkyl halides is 3. The Morgan fingerprint density at radius 1 is 1.15 bits per heavy atom. The highest BCUT2D eigenvalue weighted by Gasteiger charge is 2.35. The van der Waals surface area contributed by atoms with Gasteiger partial charge >= 0.3 is 12.5 Å². The molecule has 3 aromatic rings. The monoisotopic (exact) mass is 476 g/mol. The second-order valence-corrected chi connectivity index (χ2v) is 9.70. The molecule has 2 atom stereocenters. The van der Waals surface area contributed by atoms with Crippen molar-refractivity contribution in [2.24, 2.45) is 11.3 Å². The van der Waals surface area contributed by atoms with Crippen molar-refractivity contribution >= 4 is 34.4 Å². The van der Waals surface area contributed by atoms with Crippen molar-refractivity contribution in [2.45, 2.75) is 52.4 Å². The predicted molar refractivity (Wildman–Crippen MR) is 124 cm³/mol. The summed E-state index contributed by atoms with van der Waals surface area (Å²) in [5.41, 5.74) is 2.56. The van der Waals surface area contributed by atoms with E-state index in [2.05, 4.69) is 40.7 Å². The molecule has 0 unspecified atom stereocenters. The average molecular weight is 476 g/mol. The predicted octanol–water partition coefficient (Wildman–Crippen LogP) is 7.16. The Bertz CT molecular complexity index is 1190.